The summed E-state index contributed by atoms with van der Waals surface area (Å²) >= 11 is 0. The second kappa shape index (κ2) is 7.35. The molecule has 0 atom stereocenters. The van der Waals surface area contributed by atoms with Crippen molar-refractivity contribution in [2.24, 2.45) is 0 Å². The van der Waals surface area contributed by atoms with E-state index in [-0.39, 0.29) is 16.4 Å². The lowest BCUT2D eigenvalue weighted by Gasteiger charge is -2.20. The van der Waals surface area contributed by atoms with Crippen molar-refractivity contribution in [3.05, 3.63) is 54.1 Å². The second-order valence-corrected chi connectivity index (χ2v) is 7.19. The first-order chi connectivity index (χ1) is 11.8. The number of benzene rings is 2. The molecule has 2 rings (SSSR count). The van der Waals surface area contributed by atoms with Gasteiger partial charge in [-0.05, 0) is 42.5 Å². The Hall–Kier alpha value is -2.87. The fourth-order valence-corrected chi connectivity index (χ4v) is 3.34. The third-order valence-electron chi connectivity index (χ3n) is 3.46. The highest BCUT2D eigenvalue weighted by molar-refractivity contribution is 7.92. The number of nitrogens with zero attached hydrogens (tertiary/aromatic N) is 1. The van der Waals surface area contributed by atoms with Gasteiger partial charge in [0.25, 0.3) is 10.0 Å². The van der Waals surface area contributed by atoms with E-state index in [2.05, 4.69) is 10.1 Å². The molecule has 1 amide bonds. The van der Waals surface area contributed by atoms with Gasteiger partial charge in [0.05, 0.1) is 23.3 Å². The molecule has 0 saturated heterocycles. The van der Waals surface area contributed by atoms with E-state index in [0.717, 1.165) is 4.31 Å². The molecular formula is C17H18N2O5S. The number of anilines is 2. The number of hydrogen-bond acceptors (Lipinski definition) is 5. The molecule has 7 nitrogen and oxygen atoms in total. The van der Waals surface area contributed by atoms with Gasteiger partial charge in [-0.3, -0.25) is 9.10 Å². The molecule has 0 saturated carbocycles. The third-order valence-corrected chi connectivity index (χ3v) is 5.26. The summed E-state index contributed by atoms with van der Waals surface area (Å²) in [5, 5.41) is 2.57. The van der Waals surface area contributed by atoms with Crippen molar-refractivity contribution < 1.29 is 22.7 Å². The van der Waals surface area contributed by atoms with Gasteiger partial charge in [-0.1, -0.05) is 6.07 Å². The summed E-state index contributed by atoms with van der Waals surface area (Å²) in [6, 6.07) is 12.0. The number of esters is 1. The molecule has 0 aliphatic heterocycles. The minimum atomic E-state index is -3.82. The maximum absolute atomic E-state index is 12.7. The van der Waals surface area contributed by atoms with E-state index in [1.54, 1.807) is 12.1 Å². The summed E-state index contributed by atoms with van der Waals surface area (Å²) in [4.78, 5) is 22.7. The minimum absolute atomic E-state index is 0.0626. The fourth-order valence-electron chi connectivity index (χ4n) is 2.16. The van der Waals surface area contributed by atoms with Crippen LogP contribution >= 0.6 is 0 Å². The Balaban J connectivity index is 2.32. The number of sulfonamides is 1. The standard InChI is InChI=1S/C17H18N2O5S/c1-12(20)18-14-7-9-16(10-8-14)25(22,23)19(2)15-6-4-5-13(11-15)17(21)24-3/h4-11H,1-3H3,(H,18,20). The lowest BCUT2D eigenvalue weighted by atomic mass is 10.2. The van der Waals surface area contributed by atoms with Gasteiger partial charge in [0, 0.05) is 19.7 Å². The lowest BCUT2D eigenvalue weighted by Crippen LogP contribution is -2.26. The largest absolute Gasteiger partial charge is 0.465 e. The molecular weight excluding hydrogens is 344 g/mol. The van der Waals surface area contributed by atoms with Crippen molar-refractivity contribution in [1.82, 2.24) is 0 Å². The van der Waals surface area contributed by atoms with Gasteiger partial charge in [-0.25, -0.2) is 13.2 Å². The highest BCUT2D eigenvalue weighted by Gasteiger charge is 2.22. The lowest BCUT2D eigenvalue weighted by molar-refractivity contribution is -0.114. The Morgan fingerprint density at radius 3 is 2.28 bits per heavy atom. The monoisotopic (exact) mass is 362 g/mol. The summed E-state index contributed by atoms with van der Waals surface area (Å²) in [6.07, 6.45) is 0. The molecule has 0 heterocycles. The number of hydrogen-bond donors (Lipinski definition) is 1. The van der Waals surface area contributed by atoms with Crippen LogP contribution in [0.4, 0.5) is 11.4 Å². The number of carbonyl (C=O) groups excluding carboxylic acids is 2. The quantitative estimate of drug-likeness (QED) is 0.824. The first-order valence-electron chi connectivity index (χ1n) is 7.30. The van der Waals surface area contributed by atoms with E-state index in [9.17, 15) is 18.0 Å². The summed E-state index contributed by atoms with van der Waals surface area (Å²) < 4.78 is 31.2. The molecule has 0 aliphatic rings. The highest BCUT2D eigenvalue weighted by Crippen LogP contribution is 2.24. The van der Waals surface area contributed by atoms with Crippen LogP contribution in [0.15, 0.2) is 53.4 Å². The molecule has 25 heavy (non-hydrogen) atoms. The number of amides is 1. The van der Waals surface area contributed by atoms with Gasteiger partial charge in [-0.15, -0.1) is 0 Å². The molecule has 0 spiro atoms. The van der Waals surface area contributed by atoms with E-state index in [0.29, 0.717) is 11.4 Å². The number of rotatable bonds is 5. The SMILES string of the molecule is COC(=O)c1cccc(N(C)S(=O)(=O)c2ccc(NC(C)=O)cc2)c1. The molecule has 0 radical (unpaired) electrons. The van der Waals surface area contributed by atoms with Crippen molar-refractivity contribution >= 4 is 33.3 Å². The number of nitrogens with one attached hydrogen (secondary N) is 1. The van der Waals surface area contributed by atoms with Crippen molar-refractivity contribution in [3.8, 4) is 0 Å². The third kappa shape index (κ3) is 4.16. The molecule has 8 heteroatoms. The molecule has 2 aromatic rings. The second-order valence-electron chi connectivity index (χ2n) is 5.22. The zero-order valence-corrected chi connectivity index (χ0v) is 14.8. The predicted molar refractivity (Wildman–Crippen MR) is 94.1 cm³/mol. The Labute approximate surface area is 146 Å². The zero-order valence-electron chi connectivity index (χ0n) is 14.0. The number of ether oxygens (including phenoxy) is 1. The molecule has 2 aromatic carbocycles. The maximum Gasteiger partial charge on any atom is 0.337 e. The summed E-state index contributed by atoms with van der Waals surface area (Å²) in [5.74, 6) is -0.792. The first kappa shape index (κ1) is 18.5. The first-order valence-corrected chi connectivity index (χ1v) is 8.74. The van der Waals surface area contributed by atoms with Crippen molar-refractivity contribution in [1.29, 1.82) is 0 Å². The van der Waals surface area contributed by atoms with Gasteiger partial charge in [0.2, 0.25) is 5.91 Å². The van der Waals surface area contributed by atoms with E-state index in [1.165, 1.54) is 57.5 Å². The van der Waals surface area contributed by atoms with Crippen LogP contribution in [0, 0.1) is 0 Å². The molecule has 1 N–H and O–H groups in total. The Morgan fingerprint density at radius 1 is 1.08 bits per heavy atom. The Bertz CT molecular complexity index is 892. The minimum Gasteiger partial charge on any atom is -0.465 e. The van der Waals surface area contributed by atoms with Crippen LogP contribution in [0.5, 0.6) is 0 Å². The normalized spacial score (nSPS) is 10.8. The Kier molecular flexibility index (Phi) is 5.43. The van der Waals surface area contributed by atoms with E-state index in [4.69, 9.17) is 0 Å². The molecule has 0 fully saturated rings. The van der Waals surface area contributed by atoms with Crippen molar-refractivity contribution in [3.63, 3.8) is 0 Å². The molecule has 0 bridgehead atoms. The maximum atomic E-state index is 12.7. The Morgan fingerprint density at radius 2 is 1.72 bits per heavy atom. The van der Waals surface area contributed by atoms with Gasteiger partial charge in [-0.2, -0.15) is 0 Å². The van der Waals surface area contributed by atoms with Crippen LogP contribution in [0.3, 0.4) is 0 Å². The van der Waals surface area contributed by atoms with E-state index >= 15 is 0 Å². The van der Waals surface area contributed by atoms with E-state index < -0.39 is 16.0 Å². The summed E-state index contributed by atoms with van der Waals surface area (Å²) in [6.45, 7) is 1.37. The van der Waals surface area contributed by atoms with Gasteiger partial charge >= 0.3 is 5.97 Å². The fraction of sp³-hybridized carbons (Fsp3) is 0.176. The number of carbonyl (C=O) groups is 2. The average molecular weight is 362 g/mol. The molecule has 0 aromatic heterocycles. The van der Waals surface area contributed by atoms with Crippen LogP contribution in [-0.2, 0) is 19.6 Å². The van der Waals surface area contributed by atoms with Gasteiger partial charge in [0.15, 0.2) is 0 Å². The van der Waals surface area contributed by atoms with Crippen LogP contribution < -0.4 is 9.62 Å². The predicted octanol–water partition coefficient (Wildman–Crippen LogP) is 2.26. The van der Waals surface area contributed by atoms with Crippen LogP contribution in [0.25, 0.3) is 0 Å². The average Bonchev–Trinajstić information content (AvgIpc) is 2.60. The summed E-state index contributed by atoms with van der Waals surface area (Å²) in [5.41, 5.74) is 1.08. The smallest absolute Gasteiger partial charge is 0.337 e. The summed E-state index contributed by atoms with van der Waals surface area (Å²) in [7, 11) is -1.17. The van der Waals surface area contributed by atoms with Crippen LogP contribution in [-0.4, -0.2) is 34.5 Å². The van der Waals surface area contributed by atoms with Crippen molar-refractivity contribution in [2.45, 2.75) is 11.8 Å². The van der Waals surface area contributed by atoms with Crippen molar-refractivity contribution in [2.75, 3.05) is 23.8 Å². The highest BCUT2D eigenvalue weighted by atomic mass is 32.2. The van der Waals surface area contributed by atoms with E-state index in [1.807, 2.05) is 0 Å². The van der Waals surface area contributed by atoms with Crippen LogP contribution in [0.1, 0.15) is 17.3 Å². The molecule has 0 aliphatic carbocycles. The topological polar surface area (TPSA) is 92.8 Å². The molecule has 0 unspecified atom stereocenters. The van der Waals surface area contributed by atoms with Crippen LogP contribution in [0.2, 0.25) is 0 Å². The number of methoxy groups -OCH3 is 1. The molecule has 132 valence electrons. The van der Waals surface area contributed by atoms with Gasteiger partial charge in [0.1, 0.15) is 0 Å². The van der Waals surface area contributed by atoms with Gasteiger partial charge < -0.3 is 10.1 Å². The zero-order chi connectivity index (χ0) is 18.6.